The molecule has 2 aromatic carbocycles. The highest BCUT2D eigenvalue weighted by molar-refractivity contribution is 5.45. The SMILES string of the molecule is COc1ccc(CCN2CCC(CC(N)c3ccc4c(c3)OCO4)CC2)cc1OC. The van der Waals surface area contributed by atoms with Gasteiger partial charge in [0.05, 0.1) is 14.2 Å². The summed E-state index contributed by atoms with van der Waals surface area (Å²) in [4.78, 5) is 2.55. The van der Waals surface area contributed by atoms with Gasteiger partial charge in [0.2, 0.25) is 6.79 Å². The van der Waals surface area contributed by atoms with Gasteiger partial charge in [0, 0.05) is 12.6 Å². The van der Waals surface area contributed by atoms with Crippen molar-refractivity contribution in [3.63, 3.8) is 0 Å². The number of nitrogens with zero attached hydrogens (tertiary/aromatic N) is 1. The quantitative estimate of drug-likeness (QED) is 0.712. The van der Waals surface area contributed by atoms with Crippen LogP contribution >= 0.6 is 0 Å². The molecule has 1 fully saturated rings. The van der Waals surface area contributed by atoms with Crippen LogP contribution < -0.4 is 24.7 Å². The molecular weight excluding hydrogens is 380 g/mol. The number of benzene rings is 2. The summed E-state index contributed by atoms with van der Waals surface area (Å²) in [5.74, 6) is 3.87. The molecule has 2 aliphatic rings. The van der Waals surface area contributed by atoms with E-state index in [1.54, 1.807) is 14.2 Å². The standard InChI is InChI=1S/C24H32N2O4/c1-27-21-5-3-17(14-23(21)28-2)7-10-26-11-8-18(9-12-26)13-20(25)19-4-6-22-24(15-19)30-16-29-22/h3-6,14-15,18,20H,7-13,16,25H2,1-2H3. The second-order valence-corrected chi connectivity index (χ2v) is 8.18. The van der Waals surface area contributed by atoms with Crippen LogP contribution in [0.3, 0.4) is 0 Å². The van der Waals surface area contributed by atoms with Gasteiger partial charge in [0.25, 0.3) is 0 Å². The maximum atomic E-state index is 6.51. The first-order valence-corrected chi connectivity index (χ1v) is 10.7. The molecule has 0 saturated carbocycles. The lowest BCUT2D eigenvalue weighted by Gasteiger charge is -2.33. The second kappa shape index (κ2) is 9.58. The third-order valence-electron chi connectivity index (χ3n) is 6.28. The van der Waals surface area contributed by atoms with Gasteiger partial charge in [-0.1, -0.05) is 12.1 Å². The monoisotopic (exact) mass is 412 g/mol. The average Bonchev–Trinajstić information content (AvgIpc) is 3.26. The summed E-state index contributed by atoms with van der Waals surface area (Å²) in [6.45, 7) is 3.63. The van der Waals surface area contributed by atoms with E-state index in [0.29, 0.717) is 12.7 Å². The van der Waals surface area contributed by atoms with E-state index in [1.165, 1.54) is 18.4 Å². The van der Waals surface area contributed by atoms with Crippen molar-refractivity contribution in [3.8, 4) is 23.0 Å². The third-order valence-corrected chi connectivity index (χ3v) is 6.28. The number of nitrogens with two attached hydrogens (primary N) is 1. The minimum absolute atomic E-state index is 0.0443. The van der Waals surface area contributed by atoms with E-state index in [0.717, 1.165) is 61.0 Å². The van der Waals surface area contributed by atoms with Crippen LogP contribution in [0.4, 0.5) is 0 Å². The minimum Gasteiger partial charge on any atom is -0.493 e. The van der Waals surface area contributed by atoms with Gasteiger partial charge in [-0.25, -0.2) is 0 Å². The Balaban J connectivity index is 1.23. The van der Waals surface area contributed by atoms with Crippen molar-refractivity contribution in [1.82, 2.24) is 4.90 Å². The first-order valence-electron chi connectivity index (χ1n) is 10.7. The van der Waals surface area contributed by atoms with Crippen LogP contribution in [-0.2, 0) is 6.42 Å². The lowest BCUT2D eigenvalue weighted by molar-refractivity contribution is 0.173. The molecular formula is C24H32N2O4. The highest BCUT2D eigenvalue weighted by Gasteiger charge is 2.23. The molecule has 30 heavy (non-hydrogen) atoms. The molecule has 2 heterocycles. The van der Waals surface area contributed by atoms with E-state index in [1.807, 2.05) is 18.2 Å². The summed E-state index contributed by atoms with van der Waals surface area (Å²) in [7, 11) is 3.35. The Morgan fingerprint density at radius 1 is 1.00 bits per heavy atom. The van der Waals surface area contributed by atoms with E-state index in [9.17, 15) is 0 Å². The molecule has 2 aromatic rings. The molecule has 1 atom stereocenters. The van der Waals surface area contributed by atoms with E-state index in [2.05, 4.69) is 23.1 Å². The predicted molar refractivity (Wildman–Crippen MR) is 117 cm³/mol. The third kappa shape index (κ3) is 4.82. The van der Waals surface area contributed by atoms with Crippen LogP contribution in [0.2, 0.25) is 0 Å². The number of piperidine rings is 1. The molecule has 0 spiro atoms. The van der Waals surface area contributed by atoms with E-state index < -0.39 is 0 Å². The van der Waals surface area contributed by atoms with Crippen molar-refractivity contribution in [2.45, 2.75) is 31.7 Å². The van der Waals surface area contributed by atoms with Crippen LogP contribution in [0.15, 0.2) is 36.4 Å². The molecule has 0 radical (unpaired) electrons. The second-order valence-electron chi connectivity index (χ2n) is 8.18. The summed E-state index contributed by atoms with van der Waals surface area (Å²) < 4.78 is 21.6. The summed E-state index contributed by atoms with van der Waals surface area (Å²) >= 11 is 0. The topological polar surface area (TPSA) is 66.2 Å². The van der Waals surface area contributed by atoms with Crippen molar-refractivity contribution in [2.24, 2.45) is 11.7 Å². The van der Waals surface area contributed by atoms with Crippen LogP contribution in [0.25, 0.3) is 0 Å². The maximum absolute atomic E-state index is 6.51. The molecule has 0 amide bonds. The van der Waals surface area contributed by atoms with Gasteiger partial charge in [0.15, 0.2) is 23.0 Å². The lowest BCUT2D eigenvalue weighted by atomic mass is 9.88. The molecule has 6 heteroatoms. The summed E-state index contributed by atoms with van der Waals surface area (Å²) in [6, 6.07) is 12.3. The summed E-state index contributed by atoms with van der Waals surface area (Å²) in [5, 5.41) is 0. The Morgan fingerprint density at radius 3 is 2.53 bits per heavy atom. The molecule has 162 valence electrons. The Labute approximate surface area is 178 Å². The zero-order chi connectivity index (χ0) is 20.9. The van der Waals surface area contributed by atoms with Gasteiger partial charge in [-0.15, -0.1) is 0 Å². The van der Waals surface area contributed by atoms with Crippen LogP contribution in [0, 0.1) is 5.92 Å². The highest BCUT2D eigenvalue weighted by atomic mass is 16.7. The first kappa shape index (κ1) is 20.8. The van der Waals surface area contributed by atoms with Crippen LogP contribution in [0.5, 0.6) is 23.0 Å². The lowest BCUT2D eigenvalue weighted by Crippen LogP contribution is -2.36. The molecule has 6 nitrogen and oxygen atoms in total. The first-order chi connectivity index (χ1) is 14.7. The van der Waals surface area contributed by atoms with E-state index in [-0.39, 0.29) is 6.04 Å². The zero-order valence-electron chi connectivity index (χ0n) is 17.9. The van der Waals surface area contributed by atoms with Crippen molar-refractivity contribution in [2.75, 3.05) is 40.6 Å². The normalized spacial score (nSPS) is 17.7. The Bertz CT molecular complexity index is 849. The number of ether oxygens (including phenoxy) is 4. The fourth-order valence-corrected chi connectivity index (χ4v) is 4.41. The van der Waals surface area contributed by atoms with Gasteiger partial charge in [0.1, 0.15) is 0 Å². The average molecular weight is 413 g/mol. The smallest absolute Gasteiger partial charge is 0.231 e. The van der Waals surface area contributed by atoms with E-state index in [4.69, 9.17) is 24.7 Å². The van der Waals surface area contributed by atoms with Gasteiger partial charge >= 0.3 is 0 Å². The molecule has 0 bridgehead atoms. The van der Waals surface area contributed by atoms with Crippen LogP contribution in [-0.4, -0.2) is 45.5 Å². The fourth-order valence-electron chi connectivity index (χ4n) is 4.41. The number of hydrogen-bond donors (Lipinski definition) is 1. The van der Waals surface area contributed by atoms with Gasteiger partial charge in [-0.2, -0.15) is 0 Å². The number of hydrogen-bond acceptors (Lipinski definition) is 6. The Morgan fingerprint density at radius 2 is 1.77 bits per heavy atom. The predicted octanol–water partition coefficient (Wildman–Crippen LogP) is 3.78. The number of methoxy groups -OCH3 is 2. The number of rotatable bonds is 8. The van der Waals surface area contributed by atoms with Gasteiger partial charge < -0.3 is 29.6 Å². The van der Waals surface area contributed by atoms with Crippen molar-refractivity contribution in [3.05, 3.63) is 47.5 Å². The Hall–Kier alpha value is -2.44. The zero-order valence-corrected chi connectivity index (χ0v) is 17.9. The molecule has 1 unspecified atom stereocenters. The summed E-state index contributed by atoms with van der Waals surface area (Å²) in [6.07, 6.45) is 4.43. The molecule has 0 aromatic heterocycles. The molecule has 1 saturated heterocycles. The molecule has 4 rings (SSSR count). The molecule has 0 aliphatic carbocycles. The molecule has 2 N–H and O–H groups in total. The Kier molecular flexibility index (Phi) is 6.65. The van der Waals surface area contributed by atoms with Crippen molar-refractivity contribution in [1.29, 1.82) is 0 Å². The van der Waals surface area contributed by atoms with Crippen LogP contribution in [0.1, 0.15) is 36.4 Å². The van der Waals surface area contributed by atoms with Gasteiger partial charge in [-0.05, 0) is 80.1 Å². The van der Waals surface area contributed by atoms with Gasteiger partial charge in [-0.3, -0.25) is 0 Å². The largest absolute Gasteiger partial charge is 0.493 e. The molecule has 2 aliphatic heterocycles. The van der Waals surface area contributed by atoms with Crippen molar-refractivity contribution >= 4 is 0 Å². The fraction of sp³-hybridized carbons (Fsp3) is 0.500. The highest BCUT2D eigenvalue weighted by Crippen LogP contribution is 2.36. The summed E-state index contributed by atoms with van der Waals surface area (Å²) in [5.41, 5.74) is 8.92. The number of fused-ring (bicyclic) bond motifs is 1. The number of likely N-dealkylation sites (tertiary alicyclic amines) is 1. The maximum Gasteiger partial charge on any atom is 0.231 e. The minimum atomic E-state index is 0.0443. The van der Waals surface area contributed by atoms with Crippen molar-refractivity contribution < 1.29 is 18.9 Å². The van der Waals surface area contributed by atoms with E-state index >= 15 is 0 Å².